The second-order valence-corrected chi connectivity index (χ2v) is 23.7. The fourth-order valence-corrected chi connectivity index (χ4v) is 12.2. The summed E-state index contributed by atoms with van der Waals surface area (Å²) in [5, 5.41) is 36.6. The molecule has 32 nitrogen and oxygen atoms in total. The molecule has 0 spiro atoms. The first-order valence-corrected chi connectivity index (χ1v) is 30.8. The fourth-order valence-electron chi connectivity index (χ4n) is 6.73. The van der Waals surface area contributed by atoms with Gasteiger partial charge in [-0.05, 0) is 61.8 Å². The van der Waals surface area contributed by atoms with Crippen molar-refractivity contribution in [3.05, 3.63) is 70.8 Å². The van der Waals surface area contributed by atoms with Crippen LogP contribution >= 0.6 is 68.8 Å². The van der Waals surface area contributed by atoms with E-state index < -0.39 is 145 Å². The molecule has 2 aromatic rings. The summed E-state index contributed by atoms with van der Waals surface area (Å²) in [5.74, 6) is -10.9. The highest BCUT2D eigenvalue weighted by Gasteiger charge is 2.44. The lowest BCUT2D eigenvalue weighted by Gasteiger charge is -2.19. The van der Waals surface area contributed by atoms with E-state index in [2.05, 4.69) is 67.8 Å². The van der Waals surface area contributed by atoms with Gasteiger partial charge in [0.2, 0.25) is 47.3 Å². The second kappa shape index (κ2) is 40.9. The molecule has 0 bridgehead atoms. The van der Waals surface area contributed by atoms with Crippen LogP contribution in [0.3, 0.4) is 0 Å². The van der Waals surface area contributed by atoms with Gasteiger partial charge in [-0.25, -0.2) is 9.59 Å². The maximum atomic E-state index is 12.5. The number of rotatable bonds is 18. The minimum Gasteiger partial charge on any atom is -0.480 e. The number of nitrogens with zero attached hydrogens (tertiary/aromatic N) is 2. The zero-order valence-electron chi connectivity index (χ0n) is 46.6. The minimum absolute atomic E-state index is 0.00406. The van der Waals surface area contributed by atoms with Crippen LogP contribution < -0.4 is 42.5 Å². The molecule has 3 aliphatic rings. The van der Waals surface area contributed by atoms with Crippen molar-refractivity contribution in [1.82, 2.24) is 51.1 Å². The molecule has 88 heavy (non-hydrogen) atoms. The third-order valence-corrected chi connectivity index (χ3v) is 17.1. The molecule has 6 atom stereocenters. The van der Waals surface area contributed by atoms with Gasteiger partial charge >= 0.3 is 24.2 Å². The smallest absolute Gasteiger partial charge is 0.373 e. The predicted molar refractivity (Wildman–Crippen MR) is 316 cm³/mol. The molecule has 0 radical (unpaired) electrons. The van der Waals surface area contributed by atoms with Crippen LogP contribution in [0.5, 0.6) is 0 Å². The number of aliphatic carboxylic acids is 2. The number of amides is 12. The highest BCUT2D eigenvalue weighted by Crippen LogP contribution is 2.37. The van der Waals surface area contributed by atoms with Gasteiger partial charge in [-0.3, -0.25) is 57.5 Å². The number of carboxylic acid groups (broad SMARTS) is 2. The van der Waals surface area contributed by atoms with Gasteiger partial charge in [0.1, 0.15) is 35.7 Å². The average Bonchev–Trinajstić information content (AvgIpc) is 2.51. The van der Waals surface area contributed by atoms with E-state index >= 15 is 0 Å². The molecule has 1 saturated heterocycles. The predicted octanol–water partition coefficient (Wildman–Crippen LogP) is -2.35. The fraction of sp³-hybridized carbons (Fsp3) is 0.400. The Hall–Kier alpha value is -8.38. The summed E-state index contributed by atoms with van der Waals surface area (Å²) in [5.41, 5.74) is 1.06. The van der Waals surface area contributed by atoms with Gasteiger partial charge in [-0.1, -0.05) is 45.9 Å². The first-order chi connectivity index (χ1) is 41.5. The summed E-state index contributed by atoms with van der Waals surface area (Å²) in [6, 6.07) is 8.54. The molecule has 1 fully saturated rings. The van der Waals surface area contributed by atoms with Gasteiger partial charge in [0.15, 0.2) is 0 Å². The van der Waals surface area contributed by atoms with E-state index in [9.17, 15) is 81.8 Å². The number of carbonyl (C=O) groups is 16. The minimum atomic E-state index is -1.26. The number of hydrogen-bond acceptors (Lipinski definition) is 26. The van der Waals surface area contributed by atoms with Crippen molar-refractivity contribution in [3.8, 4) is 0 Å². The quantitative estimate of drug-likeness (QED) is 0.0322. The van der Waals surface area contributed by atoms with Crippen LogP contribution in [-0.4, -0.2) is 199 Å². The molecule has 2 aromatic carbocycles. The lowest BCUT2D eigenvalue weighted by atomic mass is 10.0. The van der Waals surface area contributed by atoms with Gasteiger partial charge in [0.25, 0.3) is 23.6 Å². The molecule has 0 saturated carbocycles. The molecule has 3 heterocycles. The summed E-state index contributed by atoms with van der Waals surface area (Å²) < 4.78 is 1.68. The Balaban J connectivity index is 0.000000633. The monoisotopic (exact) mass is 1340 g/mol. The number of Topliss-reactive ketones (excluding diaryl/α,β-unsaturated/α-hetero) is 2. The molecule has 3 aliphatic heterocycles. The molecular formula is C50H58N10O22S6. The molecule has 5 rings (SSSR count). The maximum Gasteiger partial charge on any atom is 0.373 e. The number of carbonyl (C=O) groups excluding carboxylic acids is 18. The number of hydrogen-bond donors (Lipinski definition) is 12. The third kappa shape index (κ3) is 27.1. The van der Waals surface area contributed by atoms with Gasteiger partial charge in [-0.2, -0.15) is 53.0 Å². The SMILES string of the molecule is CC(=O)C[C@@H](CS)C(=O)N[C@@H](C)C(=O)NCC(=O)NCC(=O)N[C@@H](CS)C(=O)O.CC(=O)C[C@H]1CSSSC[C@@H](C(=O)O)NC(=O)CNC(=O)CNC(=O)[C@H](C)NC1=O.O=C1c2ccccc2C(=O)N1SN1C(=O)c2ccccc2C1=O.O=C=O.O=C=O. The van der Waals surface area contributed by atoms with Crippen LogP contribution in [0.15, 0.2) is 48.5 Å². The number of thiol groups is 2. The van der Waals surface area contributed by atoms with Crippen molar-refractivity contribution in [2.45, 2.75) is 64.7 Å². The van der Waals surface area contributed by atoms with Crippen molar-refractivity contribution in [1.29, 1.82) is 0 Å². The van der Waals surface area contributed by atoms with E-state index in [1.807, 2.05) is 0 Å². The van der Waals surface area contributed by atoms with E-state index in [1.165, 1.54) is 59.1 Å². The molecule has 0 aromatic heterocycles. The molecule has 12 amide bonds. The highest BCUT2D eigenvalue weighted by atomic mass is 33.5. The summed E-state index contributed by atoms with van der Waals surface area (Å²) in [6.45, 7) is 3.77. The van der Waals surface area contributed by atoms with Crippen LogP contribution in [0.4, 0.5) is 0 Å². The van der Waals surface area contributed by atoms with Crippen LogP contribution in [0.1, 0.15) is 82.0 Å². The van der Waals surface area contributed by atoms with Gasteiger partial charge in [0, 0.05) is 35.9 Å². The highest BCUT2D eigenvalue weighted by molar-refractivity contribution is 9.09. The first kappa shape index (κ1) is 77.6. The Morgan fingerprint density at radius 2 is 1.12 bits per heavy atom. The number of benzene rings is 2. The summed E-state index contributed by atoms with van der Waals surface area (Å²) in [7, 11) is 3.68. The number of ketones is 2. The van der Waals surface area contributed by atoms with Crippen molar-refractivity contribution in [3.63, 3.8) is 0 Å². The van der Waals surface area contributed by atoms with Gasteiger partial charge < -0.3 is 62.3 Å². The molecule has 38 heteroatoms. The van der Waals surface area contributed by atoms with E-state index in [-0.39, 0.29) is 82.0 Å². The number of nitrogens with one attached hydrogen (secondary N) is 8. The number of carboxylic acids is 2. The largest absolute Gasteiger partial charge is 0.480 e. The zero-order valence-corrected chi connectivity index (χ0v) is 51.7. The molecular weight excluding hydrogens is 1280 g/mol. The second-order valence-electron chi connectivity index (χ2n) is 17.7. The zero-order chi connectivity index (χ0) is 66.8. The third-order valence-electron chi connectivity index (χ3n) is 11.0. The van der Waals surface area contributed by atoms with Crippen LogP contribution in [0.2, 0.25) is 0 Å². The lowest BCUT2D eigenvalue weighted by molar-refractivity contribution is -0.193. The normalized spacial score (nSPS) is 17.5. The van der Waals surface area contributed by atoms with Gasteiger partial charge in [0.05, 0.1) is 72.4 Å². The Morgan fingerprint density at radius 3 is 1.57 bits per heavy atom. The van der Waals surface area contributed by atoms with E-state index in [0.29, 0.717) is 12.1 Å². The van der Waals surface area contributed by atoms with E-state index in [0.717, 1.165) is 8.61 Å². The molecule has 0 aliphatic carbocycles. The molecule has 476 valence electrons. The average molecular weight is 1340 g/mol. The van der Waals surface area contributed by atoms with Crippen LogP contribution in [0, 0.1) is 11.8 Å². The number of imide groups is 2. The summed E-state index contributed by atoms with van der Waals surface area (Å²) in [4.78, 5) is 222. The first-order valence-electron chi connectivity index (χ1n) is 25.0. The van der Waals surface area contributed by atoms with Gasteiger partial charge in [-0.15, -0.1) is 0 Å². The summed E-state index contributed by atoms with van der Waals surface area (Å²) in [6.07, 6.45) is 0.499. The van der Waals surface area contributed by atoms with Crippen molar-refractivity contribution < 1.29 is 106 Å². The van der Waals surface area contributed by atoms with Crippen LogP contribution in [0.25, 0.3) is 0 Å². The lowest BCUT2D eigenvalue weighted by Crippen LogP contribution is -2.50. The molecule has 10 N–H and O–H groups in total. The van der Waals surface area contributed by atoms with Crippen molar-refractivity contribution in [2.75, 3.05) is 49.2 Å². The maximum absolute atomic E-state index is 12.5. The summed E-state index contributed by atoms with van der Waals surface area (Å²) >= 11 is 8.33. The Labute approximate surface area is 526 Å². The Morgan fingerprint density at radius 1 is 0.648 bits per heavy atom. The Kier molecular flexibility index (Phi) is 36.1. The van der Waals surface area contributed by atoms with Crippen LogP contribution in [-0.2, 0) is 76.7 Å². The van der Waals surface area contributed by atoms with E-state index in [1.54, 1.807) is 48.5 Å². The number of fused-ring (bicyclic) bond motifs is 2. The topological polar surface area (TPSA) is 485 Å². The van der Waals surface area contributed by atoms with Crippen molar-refractivity contribution >= 4 is 175 Å². The standard InChI is InChI=1S/C16H24N4O7S3.C16H26N4O7S2.C16H8N2O4S.2CO2/c1-8(21)3-10-6-28-30-29-7-11(16(26)27)20-13(23)5-17-12(22)4-18-14(24)9(2)19-15(10)25;1-8(21)3-10(6-28)15(25)19-9(2)14(24)18-4-12(22)17-5-13(23)20-11(7-29)16(26)27;19-13-9-5-1-2-6-10(9)14(20)17(13)23-18-15(21)11-7-3-4-8-12(11)16(18)22;2*2-1-3/h9-11H,3-7H2,1-2H3,(H,17,22)(H,18,24)(H,19,25)(H,20,23)(H,26,27);9-11,28-29H,3-7H2,1-2H3,(H,17,22)(H,18,24)(H,19,25)(H,20,23)(H,26,27);1-8H;;/t2*9-,10-,11-;;;/m00.../s1. The molecule has 0 unspecified atom stereocenters. The Bertz CT molecular complexity index is 2880. The van der Waals surface area contributed by atoms with Crippen molar-refractivity contribution in [2.24, 2.45) is 11.8 Å². The van der Waals surface area contributed by atoms with E-state index in [4.69, 9.17) is 24.3 Å².